The lowest BCUT2D eigenvalue weighted by Crippen LogP contribution is -2.04. The van der Waals surface area contributed by atoms with Crippen LogP contribution >= 0.6 is 0 Å². The Hall–Kier alpha value is -6.59. The molecule has 0 bridgehead atoms. The van der Waals surface area contributed by atoms with Crippen LogP contribution in [0.3, 0.4) is 0 Å². The van der Waals surface area contributed by atoms with Crippen LogP contribution in [0.25, 0.3) is 94.7 Å². The van der Waals surface area contributed by atoms with Gasteiger partial charge in [0, 0.05) is 28.8 Å². The Morgan fingerprint density at radius 1 is 0.490 bits per heavy atom. The Kier molecular flexibility index (Phi) is 6.18. The Balaban J connectivity index is 1.26. The molecule has 1 aliphatic rings. The first kappa shape index (κ1) is 27.5. The maximum atomic E-state index is 6.78. The van der Waals surface area contributed by atoms with Crippen molar-refractivity contribution in [1.29, 1.82) is 0 Å². The average molecular weight is 629 g/mol. The first-order valence-corrected chi connectivity index (χ1v) is 16.5. The molecule has 5 nitrogen and oxygen atoms in total. The van der Waals surface area contributed by atoms with E-state index in [1.165, 1.54) is 32.3 Å². The smallest absolute Gasteiger partial charge is 0.164 e. The molecule has 0 amide bonds. The number of nitrogens with zero attached hydrogens (tertiary/aromatic N) is 3. The van der Waals surface area contributed by atoms with Crippen LogP contribution in [0, 0.1) is 0 Å². The summed E-state index contributed by atoms with van der Waals surface area (Å²) in [6.45, 7) is 0.707. The second-order valence-electron chi connectivity index (χ2n) is 12.4. The van der Waals surface area contributed by atoms with Crippen LogP contribution in [0.4, 0.5) is 5.69 Å². The molecule has 0 saturated carbocycles. The molecule has 0 radical (unpaired) electrons. The Bertz CT molecular complexity index is 2710. The minimum absolute atomic E-state index is 0.596. The summed E-state index contributed by atoms with van der Waals surface area (Å²) in [5.41, 5.74) is 6.65. The molecule has 0 spiro atoms. The summed E-state index contributed by atoms with van der Waals surface area (Å²) in [5, 5.41) is 11.9. The van der Waals surface area contributed by atoms with Crippen LogP contribution in [-0.2, 0) is 0 Å². The fourth-order valence-electron chi connectivity index (χ4n) is 7.27. The molecular formula is C44H28N4O. The van der Waals surface area contributed by atoms with Crippen LogP contribution in [0.15, 0.2) is 150 Å². The van der Waals surface area contributed by atoms with Gasteiger partial charge in [0.1, 0.15) is 5.58 Å². The van der Waals surface area contributed by atoms with Gasteiger partial charge >= 0.3 is 0 Å². The fraction of sp³-hybridized carbons (Fsp3) is 0.0227. The van der Waals surface area contributed by atoms with Crippen LogP contribution in [0.1, 0.15) is 5.76 Å². The first-order valence-electron chi connectivity index (χ1n) is 16.5. The van der Waals surface area contributed by atoms with E-state index in [0.29, 0.717) is 24.0 Å². The maximum Gasteiger partial charge on any atom is 0.164 e. The minimum Gasteiger partial charge on any atom is -0.454 e. The highest BCUT2D eigenvalue weighted by atomic mass is 16.3. The van der Waals surface area contributed by atoms with Crippen molar-refractivity contribution in [2.45, 2.75) is 0 Å². The lowest BCUT2D eigenvalue weighted by atomic mass is 9.89. The van der Waals surface area contributed by atoms with E-state index in [9.17, 15) is 0 Å². The van der Waals surface area contributed by atoms with Gasteiger partial charge in [0.25, 0.3) is 0 Å². The molecule has 230 valence electrons. The highest BCUT2D eigenvalue weighted by molar-refractivity contribution is 6.24. The van der Waals surface area contributed by atoms with E-state index in [-0.39, 0.29) is 0 Å². The average Bonchev–Trinajstić information content (AvgIpc) is 3.57. The number of rotatable bonds is 4. The van der Waals surface area contributed by atoms with E-state index >= 15 is 0 Å². The van der Waals surface area contributed by atoms with Crippen LogP contribution < -0.4 is 5.32 Å². The molecule has 9 aromatic rings. The maximum absolute atomic E-state index is 6.78. The van der Waals surface area contributed by atoms with Gasteiger partial charge in [-0.1, -0.05) is 127 Å². The van der Waals surface area contributed by atoms with Crippen molar-refractivity contribution < 1.29 is 4.42 Å². The first-order chi connectivity index (χ1) is 24.3. The third-order valence-corrected chi connectivity index (χ3v) is 9.51. The quantitative estimate of drug-likeness (QED) is 0.197. The molecule has 0 atom stereocenters. The van der Waals surface area contributed by atoms with Crippen LogP contribution in [-0.4, -0.2) is 21.5 Å². The Labute approximate surface area is 282 Å². The largest absolute Gasteiger partial charge is 0.454 e. The van der Waals surface area contributed by atoms with Crippen molar-refractivity contribution in [3.63, 3.8) is 0 Å². The summed E-state index contributed by atoms with van der Waals surface area (Å²) in [6, 6.07) is 48.6. The molecule has 0 saturated heterocycles. The zero-order valence-corrected chi connectivity index (χ0v) is 26.4. The van der Waals surface area contributed by atoms with Gasteiger partial charge in [-0.3, -0.25) is 0 Å². The number of hydrogen-bond donors (Lipinski definition) is 1. The van der Waals surface area contributed by atoms with Gasteiger partial charge in [0.2, 0.25) is 0 Å². The van der Waals surface area contributed by atoms with Gasteiger partial charge in [-0.2, -0.15) is 0 Å². The molecule has 0 fully saturated rings. The second kappa shape index (κ2) is 11.0. The van der Waals surface area contributed by atoms with E-state index in [0.717, 1.165) is 50.2 Å². The van der Waals surface area contributed by atoms with Crippen LogP contribution in [0.2, 0.25) is 0 Å². The third kappa shape index (κ3) is 4.44. The van der Waals surface area contributed by atoms with Gasteiger partial charge in [0.05, 0.1) is 11.1 Å². The summed E-state index contributed by atoms with van der Waals surface area (Å²) in [5.74, 6) is 2.64. The van der Waals surface area contributed by atoms with Gasteiger partial charge in [-0.05, 0) is 62.2 Å². The third-order valence-electron chi connectivity index (χ3n) is 9.51. The molecular weight excluding hydrogens is 601 g/mol. The van der Waals surface area contributed by atoms with Crippen molar-refractivity contribution >= 4 is 55.0 Å². The number of hydrogen-bond acceptors (Lipinski definition) is 5. The van der Waals surface area contributed by atoms with Gasteiger partial charge < -0.3 is 9.73 Å². The van der Waals surface area contributed by atoms with E-state index < -0.39 is 0 Å². The van der Waals surface area contributed by atoms with Crippen molar-refractivity contribution in [2.75, 3.05) is 11.9 Å². The number of anilines is 1. The lowest BCUT2D eigenvalue weighted by molar-refractivity contribution is 0.605. The van der Waals surface area contributed by atoms with Gasteiger partial charge in [-0.25, -0.2) is 15.0 Å². The van der Waals surface area contributed by atoms with Crippen molar-refractivity contribution in [3.05, 3.63) is 151 Å². The zero-order valence-electron chi connectivity index (χ0n) is 26.4. The van der Waals surface area contributed by atoms with Gasteiger partial charge in [0.15, 0.2) is 23.2 Å². The number of fused-ring (bicyclic) bond motifs is 8. The van der Waals surface area contributed by atoms with Crippen molar-refractivity contribution in [1.82, 2.24) is 15.0 Å². The lowest BCUT2D eigenvalue weighted by Gasteiger charge is -2.15. The molecule has 1 N–H and O–H groups in total. The topological polar surface area (TPSA) is 63.8 Å². The molecule has 7 aromatic carbocycles. The monoisotopic (exact) mass is 628 g/mol. The van der Waals surface area contributed by atoms with E-state index in [2.05, 4.69) is 96.3 Å². The van der Waals surface area contributed by atoms with Crippen molar-refractivity contribution in [2.24, 2.45) is 0 Å². The molecule has 0 unspecified atom stereocenters. The predicted molar refractivity (Wildman–Crippen MR) is 201 cm³/mol. The molecule has 10 rings (SSSR count). The number of furan rings is 1. The summed E-state index contributed by atoms with van der Waals surface area (Å²) in [4.78, 5) is 15.1. The van der Waals surface area contributed by atoms with E-state index in [4.69, 9.17) is 19.4 Å². The molecule has 0 aliphatic carbocycles. The predicted octanol–water partition coefficient (Wildman–Crippen LogP) is 11.2. The van der Waals surface area contributed by atoms with E-state index in [1.807, 2.05) is 60.7 Å². The SMILES string of the molecule is C1=Cc2oc3c(-c4cc5ccc6ccccc6c5c5ccccc45)ccc(-c4nc(-c5ccccc5)nc(-c5ccccc5)n4)c3c2NC1. The number of benzene rings is 7. The molecule has 2 aromatic heterocycles. The highest BCUT2D eigenvalue weighted by Gasteiger charge is 2.25. The second-order valence-corrected chi connectivity index (χ2v) is 12.4. The summed E-state index contributed by atoms with van der Waals surface area (Å²) < 4.78 is 6.78. The van der Waals surface area contributed by atoms with Crippen LogP contribution in [0.5, 0.6) is 0 Å². The molecule has 5 heteroatoms. The molecule has 49 heavy (non-hydrogen) atoms. The summed E-state index contributed by atoms with van der Waals surface area (Å²) >= 11 is 0. The standard InChI is InChI=1S/C44H28N4O/c1-3-13-28(14-4-1)42-46-43(29-15-5-2-6-16-29)48-44(47-42)35-24-23-34(41-39(35)40-37(49-41)20-11-25-45-40)36-26-30-22-21-27-12-7-8-17-31(27)38(30)33-19-10-9-18-32(33)36/h1-24,26,45H,25H2. The normalized spacial score (nSPS) is 12.5. The number of nitrogens with one attached hydrogen (secondary N) is 1. The number of aromatic nitrogens is 3. The summed E-state index contributed by atoms with van der Waals surface area (Å²) in [7, 11) is 0. The zero-order chi connectivity index (χ0) is 32.3. The summed E-state index contributed by atoms with van der Waals surface area (Å²) in [6.07, 6.45) is 4.15. The molecule has 1 aliphatic heterocycles. The Morgan fingerprint density at radius 3 is 1.86 bits per heavy atom. The minimum atomic E-state index is 0.596. The van der Waals surface area contributed by atoms with E-state index in [1.54, 1.807) is 0 Å². The van der Waals surface area contributed by atoms with Gasteiger partial charge in [-0.15, -0.1) is 0 Å². The fourth-order valence-corrected chi connectivity index (χ4v) is 7.27. The Morgan fingerprint density at radius 2 is 1.10 bits per heavy atom. The van der Waals surface area contributed by atoms with Crippen molar-refractivity contribution in [3.8, 4) is 45.3 Å². The highest BCUT2D eigenvalue weighted by Crippen LogP contribution is 2.47. The molecule has 3 heterocycles.